The molecular weight excluding hydrogens is 232 g/mol. The van der Waals surface area contributed by atoms with Crippen molar-refractivity contribution in [1.29, 1.82) is 0 Å². The molecular formula is C18H34O. The van der Waals surface area contributed by atoms with Crippen molar-refractivity contribution in [3.63, 3.8) is 0 Å². The zero-order chi connectivity index (χ0) is 13.5. The molecule has 0 radical (unpaired) electrons. The Morgan fingerprint density at radius 1 is 0.842 bits per heavy atom. The van der Waals surface area contributed by atoms with Gasteiger partial charge in [0, 0.05) is 6.61 Å². The zero-order valence-corrected chi connectivity index (χ0v) is 13.2. The van der Waals surface area contributed by atoms with Crippen molar-refractivity contribution in [3.8, 4) is 0 Å². The molecule has 0 aromatic rings. The molecule has 2 fully saturated rings. The highest BCUT2D eigenvalue weighted by Crippen LogP contribution is 2.44. The van der Waals surface area contributed by atoms with E-state index in [-0.39, 0.29) is 0 Å². The van der Waals surface area contributed by atoms with E-state index in [0.717, 1.165) is 24.4 Å². The monoisotopic (exact) mass is 266 g/mol. The summed E-state index contributed by atoms with van der Waals surface area (Å²) < 4.78 is 6.11. The number of unbranched alkanes of at least 4 members (excludes halogenated alkanes) is 2. The Morgan fingerprint density at radius 2 is 1.63 bits per heavy atom. The Labute approximate surface area is 120 Å². The van der Waals surface area contributed by atoms with E-state index >= 15 is 0 Å². The van der Waals surface area contributed by atoms with E-state index in [1.165, 1.54) is 70.6 Å². The van der Waals surface area contributed by atoms with Gasteiger partial charge >= 0.3 is 0 Å². The molecule has 19 heavy (non-hydrogen) atoms. The average Bonchev–Trinajstić information content (AvgIpc) is 2.44. The minimum absolute atomic E-state index is 0.598. The molecule has 2 aliphatic carbocycles. The molecule has 4 atom stereocenters. The maximum Gasteiger partial charge on any atom is 0.0578 e. The molecule has 1 nitrogen and oxygen atoms in total. The van der Waals surface area contributed by atoms with Gasteiger partial charge in [0.1, 0.15) is 0 Å². The van der Waals surface area contributed by atoms with Gasteiger partial charge in [-0.3, -0.25) is 0 Å². The van der Waals surface area contributed by atoms with Crippen LogP contribution in [0.1, 0.15) is 84.5 Å². The van der Waals surface area contributed by atoms with E-state index in [0.29, 0.717) is 6.10 Å². The SMILES string of the molecule is CCCCCO[C@@H]1CC[C@@H]2CC(CCC)CCC2C1. The van der Waals surface area contributed by atoms with Gasteiger partial charge in [-0.05, 0) is 56.3 Å². The Morgan fingerprint density at radius 3 is 2.42 bits per heavy atom. The van der Waals surface area contributed by atoms with Crippen molar-refractivity contribution >= 4 is 0 Å². The third kappa shape index (κ3) is 4.77. The van der Waals surface area contributed by atoms with Crippen LogP contribution in [0.15, 0.2) is 0 Å². The molecule has 112 valence electrons. The van der Waals surface area contributed by atoms with Gasteiger partial charge in [-0.1, -0.05) is 46.0 Å². The van der Waals surface area contributed by atoms with Crippen molar-refractivity contribution < 1.29 is 4.74 Å². The molecule has 1 heteroatoms. The summed E-state index contributed by atoms with van der Waals surface area (Å²) in [5.74, 6) is 3.09. The summed E-state index contributed by atoms with van der Waals surface area (Å²) in [4.78, 5) is 0. The fourth-order valence-electron chi connectivity index (χ4n) is 4.37. The topological polar surface area (TPSA) is 9.23 Å². The van der Waals surface area contributed by atoms with E-state index in [9.17, 15) is 0 Å². The molecule has 2 saturated carbocycles. The zero-order valence-electron chi connectivity index (χ0n) is 13.2. The van der Waals surface area contributed by atoms with E-state index in [1.807, 2.05) is 0 Å². The van der Waals surface area contributed by atoms with Gasteiger partial charge in [-0.25, -0.2) is 0 Å². The van der Waals surface area contributed by atoms with Gasteiger partial charge in [-0.2, -0.15) is 0 Å². The lowest BCUT2D eigenvalue weighted by atomic mass is 9.66. The van der Waals surface area contributed by atoms with Crippen LogP contribution in [0.25, 0.3) is 0 Å². The lowest BCUT2D eigenvalue weighted by Gasteiger charge is -2.42. The minimum Gasteiger partial charge on any atom is -0.378 e. The fraction of sp³-hybridized carbons (Fsp3) is 1.00. The van der Waals surface area contributed by atoms with Crippen LogP contribution in [0.4, 0.5) is 0 Å². The fourth-order valence-corrected chi connectivity index (χ4v) is 4.37. The maximum atomic E-state index is 6.11. The van der Waals surface area contributed by atoms with Crippen LogP contribution in [0.2, 0.25) is 0 Å². The summed E-state index contributed by atoms with van der Waals surface area (Å²) in [6.45, 7) is 5.61. The van der Waals surface area contributed by atoms with Crippen molar-refractivity contribution in [2.45, 2.75) is 90.6 Å². The summed E-state index contributed by atoms with van der Waals surface area (Å²) in [6.07, 6.45) is 16.0. The van der Waals surface area contributed by atoms with E-state index < -0.39 is 0 Å². The van der Waals surface area contributed by atoms with Crippen LogP contribution in [0, 0.1) is 17.8 Å². The largest absolute Gasteiger partial charge is 0.378 e. The molecule has 0 saturated heterocycles. The van der Waals surface area contributed by atoms with Crippen molar-refractivity contribution in [2.24, 2.45) is 17.8 Å². The Hall–Kier alpha value is -0.0400. The van der Waals surface area contributed by atoms with Crippen LogP contribution in [-0.4, -0.2) is 12.7 Å². The van der Waals surface area contributed by atoms with Crippen LogP contribution in [-0.2, 0) is 4.74 Å². The lowest BCUT2D eigenvalue weighted by molar-refractivity contribution is -0.0208. The van der Waals surface area contributed by atoms with Crippen LogP contribution >= 0.6 is 0 Å². The Kier molecular flexibility index (Phi) is 6.70. The molecule has 0 heterocycles. The smallest absolute Gasteiger partial charge is 0.0578 e. The molecule has 0 N–H and O–H groups in total. The molecule has 0 aromatic carbocycles. The molecule has 2 unspecified atom stereocenters. The van der Waals surface area contributed by atoms with Gasteiger partial charge in [0.25, 0.3) is 0 Å². The van der Waals surface area contributed by atoms with Crippen LogP contribution < -0.4 is 0 Å². The number of ether oxygens (including phenoxy) is 1. The number of hydrogen-bond donors (Lipinski definition) is 0. The van der Waals surface area contributed by atoms with Crippen molar-refractivity contribution in [1.82, 2.24) is 0 Å². The standard InChI is InChI=1S/C18H34O/c1-3-5-6-12-19-18-11-10-16-13-15(7-4-2)8-9-17(16)14-18/h15-18H,3-14H2,1-2H3/t15?,16-,17?,18-/m1/s1. The first-order valence-corrected chi connectivity index (χ1v) is 8.95. The predicted molar refractivity (Wildman–Crippen MR) is 82.3 cm³/mol. The Bertz CT molecular complexity index is 238. The summed E-state index contributed by atoms with van der Waals surface area (Å²) in [5, 5.41) is 0. The highest BCUT2D eigenvalue weighted by molar-refractivity contribution is 4.86. The molecule has 2 aliphatic rings. The first-order valence-electron chi connectivity index (χ1n) is 8.95. The van der Waals surface area contributed by atoms with Crippen molar-refractivity contribution in [3.05, 3.63) is 0 Å². The third-order valence-corrected chi connectivity index (χ3v) is 5.47. The van der Waals surface area contributed by atoms with E-state index in [4.69, 9.17) is 4.74 Å². The Balaban J connectivity index is 1.67. The second kappa shape index (κ2) is 8.29. The van der Waals surface area contributed by atoms with Gasteiger partial charge < -0.3 is 4.74 Å². The van der Waals surface area contributed by atoms with E-state index in [2.05, 4.69) is 13.8 Å². The quantitative estimate of drug-likeness (QED) is 0.547. The van der Waals surface area contributed by atoms with Gasteiger partial charge in [-0.15, -0.1) is 0 Å². The first-order chi connectivity index (χ1) is 9.33. The van der Waals surface area contributed by atoms with Gasteiger partial charge in [0.2, 0.25) is 0 Å². The summed E-state index contributed by atoms with van der Waals surface area (Å²) in [5.41, 5.74) is 0. The maximum absolute atomic E-state index is 6.11. The van der Waals surface area contributed by atoms with Gasteiger partial charge in [0.15, 0.2) is 0 Å². The van der Waals surface area contributed by atoms with Crippen molar-refractivity contribution in [2.75, 3.05) is 6.61 Å². The minimum atomic E-state index is 0.598. The molecule has 0 bridgehead atoms. The normalized spacial score (nSPS) is 35.1. The third-order valence-electron chi connectivity index (χ3n) is 5.47. The first kappa shape index (κ1) is 15.4. The average molecular weight is 266 g/mol. The highest BCUT2D eigenvalue weighted by Gasteiger charge is 2.35. The molecule has 0 aromatic heterocycles. The summed E-state index contributed by atoms with van der Waals surface area (Å²) in [6, 6.07) is 0. The van der Waals surface area contributed by atoms with E-state index in [1.54, 1.807) is 0 Å². The molecule has 0 spiro atoms. The lowest BCUT2D eigenvalue weighted by Crippen LogP contribution is -2.34. The second-order valence-electron chi connectivity index (χ2n) is 7.00. The van der Waals surface area contributed by atoms with Gasteiger partial charge in [0.05, 0.1) is 6.10 Å². The molecule has 0 aliphatic heterocycles. The van der Waals surface area contributed by atoms with Crippen LogP contribution in [0.5, 0.6) is 0 Å². The van der Waals surface area contributed by atoms with Crippen LogP contribution in [0.3, 0.4) is 0 Å². The second-order valence-corrected chi connectivity index (χ2v) is 7.00. The molecule has 2 rings (SSSR count). The summed E-state index contributed by atoms with van der Waals surface area (Å²) >= 11 is 0. The summed E-state index contributed by atoms with van der Waals surface area (Å²) in [7, 11) is 0. The predicted octanol–water partition coefficient (Wildman–Crippen LogP) is 5.58. The molecule has 0 amide bonds. The number of hydrogen-bond acceptors (Lipinski definition) is 1. The number of fused-ring (bicyclic) bond motifs is 1. The number of rotatable bonds is 7. The highest BCUT2D eigenvalue weighted by atomic mass is 16.5.